The SMILES string of the molecule is CC1CCC(c2ccc(C3CCC(C)CC3)[se]2)CC1. The Balaban J connectivity index is 1.63. The van der Waals surface area contributed by atoms with Gasteiger partial charge in [-0.15, -0.1) is 0 Å². The summed E-state index contributed by atoms with van der Waals surface area (Å²) < 4.78 is 3.68. The fraction of sp³-hybridized carbons (Fsp3) is 0.778. The minimum atomic E-state index is 0.719. The first-order valence-electron chi connectivity index (χ1n) is 8.32. The first kappa shape index (κ1) is 14.0. The van der Waals surface area contributed by atoms with Gasteiger partial charge in [0.2, 0.25) is 0 Å². The Labute approximate surface area is 124 Å². The van der Waals surface area contributed by atoms with E-state index in [-0.39, 0.29) is 0 Å². The topological polar surface area (TPSA) is 0 Å². The minimum absolute atomic E-state index is 0.719. The molecule has 0 atom stereocenters. The summed E-state index contributed by atoms with van der Waals surface area (Å²) in [6, 6.07) is 5.04. The molecule has 19 heavy (non-hydrogen) atoms. The summed E-state index contributed by atoms with van der Waals surface area (Å²) in [4.78, 5) is 0. The van der Waals surface area contributed by atoms with Crippen molar-refractivity contribution in [2.24, 2.45) is 11.8 Å². The molecule has 3 rings (SSSR count). The molecule has 2 saturated carbocycles. The number of hydrogen-bond donors (Lipinski definition) is 0. The van der Waals surface area contributed by atoms with E-state index < -0.39 is 0 Å². The summed E-state index contributed by atoms with van der Waals surface area (Å²) >= 11 is 0.719. The number of hydrogen-bond acceptors (Lipinski definition) is 0. The monoisotopic (exact) mass is 324 g/mol. The molecule has 1 aromatic heterocycles. The third-order valence-corrected chi connectivity index (χ3v) is 8.44. The summed E-state index contributed by atoms with van der Waals surface area (Å²) in [5.74, 6) is 3.87. The van der Waals surface area contributed by atoms with Gasteiger partial charge in [0.1, 0.15) is 0 Å². The van der Waals surface area contributed by atoms with E-state index in [9.17, 15) is 0 Å². The third-order valence-electron chi connectivity index (χ3n) is 5.48. The molecule has 0 nitrogen and oxygen atoms in total. The normalized spacial score (nSPS) is 36.3. The van der Waals surface area contributed by atoms with Crippen molar-refractivity contribution in [2.75, 3.05) is 0 Å². The zero-order valence-corrected chi connectivity index (χ0v) is 14.2. The van der Waals surface area contributed by atoms with Gasteiger partial charge < -0.3 is 0 Å². The Morgan fingerprint density at radius 1 is 0.684 bits per heavy atom. The van der Waals surface area contributed by atoms with Crippen LogP contribution in [0.2, 0.25) is 0 Å². The van der Waals surface area contributed by atoms with Crippen LogP contribution < -0.4 is 0 Å². The van der Waals surface area contributed by atoms with E-state index in [4.69, 9.17) is 0 Å². The second-order valence-electron chi connectivity index (χ2n) is 7.15. The maximum atomic E-state index is 2.52. The second-order valence-corrected chi connectivity index (χ2v) is 9.56. The van der Waals surface area contributed by atoms with Crippen LogP contribution in [0, 0.1) is 11.8 Å². The molecular formula is C18H28Se. The van der Waals surface area contributed by atoms with E-state index in [1.165, 1.54) is 51.4 Å². The zero-order valence-electron chi connectivity index (χ0n) is 12.5. The molecule has 1 heteroatoms. The second kappa shape index (κ2) is 6.19. The van der Waals surface area contributed by atoms with Crippen molar-refractivity contribution < 1.29 is 0 Å². The molecular weight excluding hydrogens is 295 g/mol. The molecule has 2 aliphatic rings. The fourth-order valence-corrected chi connectivity index (χ4v) is 6.73. The summed E-state index contributed by atoms with van der Waals surface area (Å²) in [7, 11) is 0. The van der Waals surface area contributed by atoms with Crippen LogP contribution in [0.1, 0.15) is 85.9 Å². The molecule has 0 N–H and O–H groups in total. The van der Waals surface area contributed by atoms with Crippen LogP contribution in [0.3, 0.4) is 0 Å². The Morgan fingerprint density at radius 2 is 1.05 bits per heavy atom. The van der Waals surface area contributed by atoms with Crippen molar-refractivity contribution in [1.29, 1.82) is 0 Å². The molecule has 0 spiro atoms. The molecule has 0 saturated heterocycles. The summed E-state index contributed by atoms with van der Waals surface area (Å²) in [6.45, 7) is 4.86. The van der Waals surface area contributed by atoms with Crippen LogP contribution in [0.25, 0.3) is 0 Å². The van der Waals surface area contributed by atoms with Gasteiger partial charge in [0.15, 0.2) is 0 Å². The molecule has 2 aliphatic carbocycles. The van der Waals surface area contributed by atoms with E-state index in [2.05, 4.69) is 26.0 Å². The van der Waals surface area contributed by atoms with E-state index in [1.807, 2.05) is 8.87 Å². The Kier molecular flexibility index (Phi) is 4.54. The van der Waals surface area contributed by atoms with Crippen molar-refractivity contribution in [1.82, 2.24) is 0 Å². The molecule has 106 valence electrons. The summed E-state index contributed by atoms with van der Waals surface area (Å²) in [5, 5.41) is 0. The zero-order chi connectivity index (χ0) is 13.2. The first-order valence-corrected chi connectivity index (χ1v) is 10.0. The third kappa shape index (κ3) is 3.37. The number of rotatable bonds is 2. The van der Waals surface area contributed by atoms with Gasteiger partial charge >= 0.3 is 124 Å². The van der Waals surface area contributed by atoms with Crippen LogP contribution >= 0.6 is 0 Å². The maximum absolute atomic E-state index is 2.52. The van der Waals surface area contributed by atoms with E-state index in [1.54, 1.807) is 0 Å². The van der Waals surface area contributed by atoms with Gasteiger partial charge in [0.25, 0.3) is 0 Å². The van der Waals surface area contributed by atoms with Gasteiger partial charge in [-0.05, 0) is 0 Å². The van der Waals surface area contributed by atoms with Crippen LogP contribution in [0.15, 0.2) is 12.1 Å². The van der Waals surface area contributed by atoms with Crippen molar-refractivity contribution in [3.8, 4) is 0 Å². The van der Waals surface area contributed by atoms with Gasteiger partial charge in [0.05, 0.1) is 0 Å². The van der Waals surface area contributed by atoms with Gasteiger partial charge in [-0.2, -0.15) is 0 Å². The molecule has 0 unspecified atom stereocenters. The molecule has 2 fully saturated rings. The van der Waals surface area contributed by atoms with Gasteiger partial charge in [-0.25, -0.2) is 0 Å². The van der Waals surface area contributed by atoms with Crippen LogP contribution in [0.4, 0.5) is 0 Å². The predicted molar refractivity (Wildman–Crippen MR) is 84.1 cm³/mol. The average Bonchev–Trinajstić information content (AvgIpc) is 2.90. The van der Waals surface area contributed by atoms with E-state index in [0.29, 0.717) is 0 Å². The Bertz CT molecular complexity index is 353. The van der Waals surface area contributed by atoms with Crippen molar-refractivity contribution in [3.63, 3.8) is 0 Å². The van der Waals surface area contributed by atoms with Crippen molar-refractivity contribution in [2.45, 2.75) is 77.0 Å². The molecule has 1 heterocycles. The fourth-order valence-electron chi connectivity index (χ4n) is 3.90. The molecule has 0 amide bonds. The molecule has 0 aromatic carbocycles. The van der Waals surface area contributed by atoms with Crippen molar-refractivity contribution in [3.05, 3.63) is 21.0 Å². The van der Waals surface area contributed by atoms with Crippen LogP contribution in [-0.2, 0) is 0 Å². The van der Waals surface area contributed by atoms with E-state index >= 15 is 0 Å². The van der Waals surface area contributed by atoms with Gasteiger partial charge in [-0.1, -0.05) is 0 Å². The molecule has 1 aromatic rings. The predicted octanol–water partition coefficient (Wildman–Crippen LogP) is 5.33. The first-order chi connectivity index (χ1) is 9.22. The average molecular weight is 323 g/mol. The molecule has 0 radical (unpaired) electrons. The van der Waals surface area contributed by atoms with Gasteiger partial charge in [-0.3, -0.25) is 0 Å². The summed E-state index contributed by atoms with van der Waals surface area (Å²) in [6.07, 6.45) is 11.7. The van der Waals surface area contributed by atoms with Crippen LogP contribution in [0.5, 0.6) is 0 Å². The Hall–Kier alpha value is -0.000519. The quantitative estimate of drug-likeness (QED) is 0.645. The summed E-state index contributed by atoms with van der Waals surface area (Å²) in [5.41, 5.74) is 0. The molecule has 0 aliphatic heterocycles. The molecule has 0 bridgehead atoms. The van der Waals surface area contributed by atoms with Gasteiger partial charge in [0, 0.05) is 0 Å². The van der Waals surface area contributed by atoms with E-state index in [0.717, 1.165) is 38.2 Å². The standard InChI is InChI=1S/C18H28Se/c1-13-3-7-15(8-4-13)17-11-12-18(19-17)16-9-5-14(2)6-10-16/h11-16H,3-10H2,1-2H3. The Morgan fingerprint density at radius 3 is 1.42 bits per heavy atom. The van der Waals surface area contributed by atoms with Crippen molar-refractivity contribution >= 4 is 14.5 Å². The van der Waals surface area contributed by atoms with Crippen LogP contribution in [-0.4, -0.2) is 14.5 Å².